The summed E-state index contributed by atoms with van der Waals surface area (Å²) < 4.78 is 62.6. The van der Waals surface area contributed by atoms with Crippen molar-refractivity contribution in [3.63, 3.8) is 0 Å². The van der Waals surface area contributed by atoms with Gasteiger partial charge in [-0.15, -0.1) is 0 Å². The smallest absolute Gasteiger partial charge is 0.416 e. The van der Waals surface area contributed by atoms with Crippen molar-refractivity contribution in [1.29, 1.82) is 0 Å². The molecule has 0 radical (unpaired) electrons. The van der Waals surface area contributed by atoms with Gasteiger partial charge in [0.15, 0.2) is 0 Å². The van der Waals surface area contributed by atoms with Crippen LogP contribution in [0.3, 0.4) is 0 Å². The van der Waals surface area contributed by atoms with Gasteiger partial charge in [-0.25, -0.2) is 4.39 Å². The van der Waals surface area contributed by atoms with Crippen molar-refractivity contribution >= 4 is 12.4 Å². The molecule has 29 heavy (non-hydrogen) atoms. The maximum Gasteiger partial charge on any atom is 0.416 e. The first-order valence-corrected chi connectivity index (χ1v) is 9.13. The minimum atomic E-state index is -4.61. The van der Waals surface area contributed by atoms with Crippen LogP contribution < -0.4 is 5.73 Å². The number of aryl methyl sites for hydroxylation is 1. The second-order valence-electron chi connectivity index (χ2n) is 7.81. The highest BCUT2D eigenvalue weighted by atomic mass is 19.4. The summed E-state index contributed by atoms with van der Waals surface area (Å²) >= 11 is 0. The molecule has 2 aliphatic rings. The molecule has 1 saturated carbocycles. The summed E-state index contributed by atoms with van der Waals surface area (Å²) in [6.07, 6.45) is -4.06. The van der Waals surface area contributed by atoms with Crippen LogP contribution in [0, 0.1) is 18.7 Å². The molecule has 1 saturated heterocycles. The Labute approximate surface area is 164 Å². The molecule has 0 aromatic heterocycles. The zero-order valence-corrected chi connectivity index (χ0v) is 15.8. The largest absolute Gasteiger partial charge is 0.466 e. The molecule has 1 heterocycles. The van der Waals surface area contributed by atoms with Crippen LogP contribution in [0.5, 0.6) is 0 Å². The molecule has 2 N–H and O–H groups in total. The molecular weight excluding hydrogens is 396 g/mol. The fourth-order valence-corrected chi connectivity index (χ4v) is 3.76. The molecule has 1 aliphatic carbocycles. The normalized spacial score (nSPS) is 24.6. The summed E-state index contributed by atoms with van der Waals surface area (Å²) in [5, 5.41) is 0. The van der Waals surface area contributed by atoms with Gasteiger partial charge in [0.1, 0.15) is 12.4 Å². The number of alkyl halides is 3. The van der Waals surface area contributed by atoms with Crippen molar-refractivity contribution < 1.29 is 36.6 Å². The summed E-state index contributed by atoms with van der Waals surface area (Å²) in [4.78, 5) is 24.2. The summed E-state index contributed by atoms with van der Waals surface area (Å²) in [5.74, 6) is -1.26. The molecule has 3 rings (SSSR count). The Bertz CT molecular complexity index is 787. The van der Waals surface area contributed by atoms with Gasteiger partial charge in [-0.3, -0.25) is 9.59 Å². The topological polar surface area (TPSA) is 81.9 Å². The van der Waals surface area contributed by atoms with Gasteiger partial charge in [0.2, 0.25) is 5.91 Å². The van der Waals surface area contributed by atoms with E-state index < -0.39 is 23.1 Å². The van der Waals surface area contributed by atoms with Crippen molar-refractivity contribution in [1.82, 2.24) is 4.90 Å². The van der Waals surface area contributed by atoms with Gasteiger partial charge < -0.3 is 20.1 Å². The first kappa shape index (κ1) is 21.5. The lowest BCUT2D eigenvalue weighted by Crippen LogP contribution is -2.63. The fourth-order valence-electron chi connectivity index (χ4n) is 3.76. The molecule has 1 aromatic carbocycles. The molecular formula is C19H22F4N2O4. The van der Waals surface area contributed by atoms with E-state index in [0.717, 1.165) is 6.07 Å². The summed E-state index contributed by atoms with van der Waals surface area (Å²) in [6, 6.07) is 1.62. The summed E-state index contributed by atoms with van der Waals surface area (Å²) in [7, 11) is 0. The first-order chi connectivity index (χ1) is 13.5. The highest BCUT2D eigenvalue weighted by Crippen LogP contribution is 2.38. The number of ether oxygens (including phenoxy) is 2. The molecule has 1 aliphatic heterocycles. The van der Waals surface area contributed by atoms with E-state index in [1.54, 1.807) is 4.90 Å². The van der Waals surface area contributed by atoms with E-state index in [0.29, 0.717) is 38.5 Å². The van der Waals surface area contributed by atoms with Crippen LogP contribution in [0.1, 0.15) is 29.5 Å². The monoisotopic (exact) mass is 418 g/mol. The minimum absolute atomic E-state index is 0.0439. The lowest BCUT2D eigenvalue weighted by Gasteiger charge is -2.48. The zero-order valence-electron chi connectivity index (χ0n) is 15.8. The number of amides is 1. The van der Waals surface area contributed by atoms with Crippen LogP contribution >= 0.6 is 0 Å². The molecule has 160 valence electrons. The number of nitrogens with zero attached hydrogens (tertiary/aromatic N) is 1. The average Bonchev–Trinajstić information content (AvgIpc) is 2.57. The number of halogens is 4. The van der Waals surface area contributed by atoms with E-state index in [1.807, 2.05) is 0 Å². The number of rotatable bonds is 7. The number of carbonyl (C=O) groups is 2. The Balaban J connectivity index is 1.44. The van der Waals surface area contributed by atoms with E-state index in [1.165, 1.54) is 6.92 Å². The molecule has 1 aromatic rings. The molecule has 10 heteroatoms. The van der Waals surface area contributed by atoms with Gasteiger partial charge in [0.25, 0.3) is 6.47 Å². The standard InChI is InChI=1S/C19H22F4N2O4/c1-11-2-12(16(20)3-15(11)19(21,22)23)8-29-14-6-25(7-14)17(27)13-4-18(24,5-13)9-28-10-26/h2-3,10,13-14H,4-9,24H2,1H3/t13-,18+. The van der Waals surface area contributed by atoms with Gasteiger partial charge in [-0.05, 0) is 31.4 Å². The number of likely N-dealkylation sites (tertiary alicyclic amines) is 1. The average molecular weight is 418 g/mol. The summed E-state index contributed by atoms with van der Waals surface area (Å²) in [6.45, 7) is 2.16. The van der Waals surface area contributed by atoms with Crippen LogP contribution in [0.2, 0.25) is 0 Å². The van der Waals surface area contributed by atoms with Gasteiger partial charge in [0.05, 0.1) is 23.8 Å². The molecule has 0 bridgehead atoms. The van der Waals surface area contributed by atoms with Crippen LogP contribution in [0.25, 0.3) is 0 Å². The Morgan fingerprint density at radius 1 is 1.34 bits per heavy atom. The van der Waals surface area contributed by atoms with Crippen LogP contribution in [-0.2, 0) is 31.8 Å². The first-order valence-electron chi connectivity index (χ1n) is 9.13. The maximum absolute atomic E-state index is 14.0. The van der Waals surface area contributed by atoms with Crippen LogP contribution in [-0.4, -0.2) is 48.6 Å². The van der Waals surface area contributed by atoms with Crippen molar-refractivity contribution in [2.45, 2.75) is 44.2 Å². The lowest BCUT2D eigenvalue weighted by molar-refractivity contribution is -0.156. The highest BCUT2D eigenvalue weighted by molar-refractivity contribution is 5.81. The Morgan fingerprint density at radius 2 is 2.00 bits per heavy atom. The van der Waals surface area contributed by atoms with Gasteiger partial charge in [-0.2, -0.15) is 13.2 Å². The number of hydrogen-bond acceptors (Lipinski definition) is 5. The van der Waals surface area contributed by atoms with Crippen molar-refractivity contribution in [3.05, 3.63) is 34.6 Å². The second-order valence-corrected chi connectivity index (χ2v) is 7.81. The lowest BCUT2D eigenvalue weighted by atomic mass is 9.68. The van der Waals surface area contributed by atoms with Gasteiger partial charge in [-0.1, -0.05) is 6.07 Å². The van der Waals surface area contributed by atoms with Gasteiger partial charge in [0, 0.05) is 24.6 Å². The fraction of sp³-hybridized carbons (Fsp3) is 0.579. The third-order valence-electron chi connectivity index (χ3n) is 5.43. The number of hydrogen-bond donors (Lipinski definition) is 1. The number of benzene rings is 1. The second kappa shape index (κ2) is 7.91. The van der Waals surface area contributed by atoms with E-state index >= 15 is 0 Å². The van der Waals surface area contributed by atoms with Crippen molar-refractivity contribution in [2.24, 2.45) is 11.7 Å². The van der Waals surface area contributed by atoms with Crippen molar-refractivity contribution in [3.8, 4) is 0 Å². The van der Waals surface area contributed by atoms with Gasteiger partial charge >= 0.3 is 6.18 Å². The Morgan fingerprint density at radius 3 is 2.59 bits per heavy atom. The molecule has 6 nitrogen and oxygen atoms in total. The van der Waals surface area contributed by atoms with Crippen LogP contribution in [0.15, 0.2) is 12.1 Å². The predicted molar refractivity (Wildman–Crippen MR) is 93.0 cm³/mol. The summed E-state index contributed by atoms with van der Waals surface area (Å²) in [5.41, 5.74) is 4.29. The number of nitrogens with two attached hydrogens (primary N) is 1. The third kappa shape index (κ3) is 4.69. The zero-order chi connectivity index (χ0) is 21.4. The molecule has 2 fully saturated rings. The number of carbonyl (C=O) groups excluding carboxylic acids is 2. The quantitative estimate of drug-likeness (QED) is 0.542. The Hall–Kier alpha value is -2.20. The minimum Gasteiger partial charge on any atom is -0.466 e. The predicted octanol–water partition coefficient (Wildman–Crippen LogP) is 2.16. The SMILES string of the molecule is Cc1cc(COC2CN(C(=O)[C@H]3C[C@](N)(COC=O)C3)C2)c(F)cc1C(F)(F)F. The molecule has 0 atom stereocenters. The van der Waals surface area contributed by atoms with Crippen molar-refractivity contribution in [2.75, 3.05) is 19.7 Å². The van der Waals surface area contributed by atoms with Crippen LogP contribution in [0.4, 0.5) is 17.6 Å². The molecule has 0 spiro atoms. The van der Waals surface area contributed by atoms with E-state index in [2.05, 4.69) is 4.74 Å². The molecule has 0 unspecified atom stereocenters. The highest BCUT2D eigenvalue weighted by Gasteiger charge is 2.48. The third-order valence-corrected chi connectivity index (χ3v) is 5.43. The van der Waals surface area contributed by atoms with E-state index in [4.69, 9.17) is 10.5 Å². The molecule has 1 amide bonds. The van der Waals surface area contributed by atoms with E-state index in [-0.39, 0.29) is 42.3 Å². The Kier molecular flexibility index (Phi) is 5.86. The van der Waals surface area contributed by atoms with E-state index in [9.17, 15) is 27.2 Å². The maximum atomic E-state index is 14.0.